The van der Waals surface area contributed by atoms with Gasteiger partial charge in [0.05, 0.1) is 5.69 Å². The highest BCUT2D eigenvalue weighted by Gasteiger charge is 2.44. The van der Waals surface area contributed by atoms with E-state index >= 15 is 0 Å². The Balaban J connectivity index is 2.16. The van der Waals surface area contributed by atoms with Crippen LogP contribution < -0.4 is 5.32 Å². The van der Waals surface area contributed by atoms with Crippen LogP contribution in [0.2, 0.25) is 0 Å². The maximum absolute atomic E-state index is 13.7. The molecule has 0 saturated heterocycles. The van der Waals surface area contributed by atoms with E-state index in [1.165, 1.54) is 13.8 Å². The molecule has 0 spiro atoms. The molecular formula is C21H20F5N3O3. The van der Waals surface area contributed by atoms with Crippen molar-refractivity contribution in [1.29, 1.82) is 0 Å². The number of carbonyl (C=O) groups is 2. The molecule has 2 aromatic rings. The summed E-state index contributed by atoms with van der Waals surface area (Å²) in [5.74, 6) is -5.89. The quantitative estimate of drug-likeness (QED) is 0.699. The molecule has 172 valence electrons. The van der Waals surface area contributed by atoms with E-state index in [0.29, 0.717) is 6.07 Å². The Morgan fingerprint density at radius 1 is 1.19 bits per heavy atom. The largest absolute Gasteiger partial charge is 0.468 e. The summed E-state index contributed by atoms with van der Waals surface area (Å²) >= 11 is 0. The van der Waals surface area contributed by atoms with Gasteiger partial charge in [0.25, 0.3) is 11.8 Å². The van der Waals surface area contributed by atoms with E-state index in [9.17, 15) is 31.5 Å². The van der Waals surface area contributed by atoms with Gasteiger partial charge < -0.3 is 14.6 Å². The van der Waals surface area contributed by atoms with Crippen molar-refractivity contribution in [2.24, 2.45) is 0 Å². The summed E-state index contributed by atoms with van der Waals surface area (Å²) in [7, 11) is 0. The van der Waals surface area contributed by atoms with Crippen molar-refractivity contribution < 1.29 is 36.0 Å². The van der Waals surface area contributed by atoms with Gasteiger partial charge in [-0.15, -0.1) is 0 Å². The van der Waals surface area contributed by atoms with Crippen LogP contribution in [0, 0.1) is 11.6 Å². The van der Waals surface area contributed by atoms with Crippen molar-refractivity contribution in [3.63, 3.8) is 0 Å². The third-order valence-corrected chi connectivity index (χ3v) is 4.70. The Morgan fingerprint density at radius 3 is 2.41 bits per heavy atom. The Morgan fingerprint density at radius 2 is 1.84 bits per heavy atom. The van der Waals surface area contributed by atoms with Crippen LogP contribution in [0.1, 0.15) is 55.4 Å². The van der Waals surface area contributed by atoms with E-state index in [-0.39, 0.29) is 29.4 Å². The Hall–Kier alpha value is -3.24. The number of alkyl halides is 3. The van der Waals surface area contributed by atoms with Crippen LogP contribution in [-0.2, 0) is 16.4 Å². The maximum atomic E-state index is 13.7. The second-order valence-corrected chi connectivity index (χ2v) is 8.31. The third kappa shape index (κ3) is 4.51. The first kappa shape index (κ1) is 23.4. The summed E-state index contributed by atoms with van der Waals surface area (Å²) in [6, 6.07) is 2.18. The number of carbonyl (C=O) groups excluding carboxylic acids is 2. The molecule has 1 N–H and O–H groups in total. The van der Waals surface area contributed by atoms with E-state index in [2.05, 4.69) is 10.3 Å². The molecule has 2 amide bonds. The van der Waals surface area contributed by atoms with E-state index < -0.39 is 46.7 Å². The van der Waals surface area contributed by atoms with Crippen molar-refractivity contribution >= 4 is 17.4 Å². The molecule has 1 aromatic heterocycles. The van der Waals surface area contributed by atoms with Gasteiger partial charge in [0.2, 0.25) is 0 Å². The van der Waals surface area contributed by atoms with Gasteiger partial charge in [-0.05, 0) is 32.0 Å². The zero-order chi connectivity index (χ0) is 24.0. The lowest BCUT2D eigenvalue weighted by molar-refractivity contribution is -0.157. The fourth-order valence-electron chi connectivity index (χ4n) is 3.27. The number of amides is 2. The topological polar surface area (TPSA) is 75.4 Å². The monoisotopic (exact) mass is 457 g/mol. The zero-order valence-corrected chi connectivity index (χ0v) is 17.6. The predicted octanol–water partition coefficient (Wildman–Crippen LogP) is 4.27. The van der Waals surface area contributed by atoms with E-state index in [1.54, 1.807) is 13.8 Å². The normalized spacial score (nSPS) is 15.8. The second-order valence-electron chi connectivity index (χ2n) is 8.31. The number of fused-ring (bicyclic) bond motifs is 1. The first-order valence-electron chi connectivity index (χ1n) is 9.58. The van der Waals surface area contributed by atoms with Crippen LogP contribution in [0.4, 0.5) is 22.0 Å². The number of nitrogens with one attached hydrogen (secondary N) is 1. The Kier molecular flexibility index (Phi) is 5.88. The van der Waals surface area contributed by atoms with E-state index in [1.807, 2.05) is 0 Å². The summed E-state index contributed by atoms with van der Waals surface area (Å²) in [4.78, 5) is 30.5. The average molecular weight is 457 g/mol. The molecule has 0 unspecified atom stereocenters. The van der Waals surface area contributed by atoms with Crippen LogP contribution in [0.15, 0.2) is 28.8 Å². The maximum Gasteiger partial charge on any atom is 0.468 e. The van der Waals surface area contributed by atoms with Gasteiger partial charge in [-0.2, -0.15) is 13.2 Å². The highest BCUT2D eigenvalue weighted by molar-refractivity contribution is 6.19. The smallest absolute Gasteiger partial charge is 0.432 e. The molecule has 1 aromatic carbocycles. The van der Waals surface area contributed by atoms with Gasteiger partial charge in [-0.1, -0.05) is 13.8 Å². The van der Waals surface area contributed by atoms with Gasteiger partial charge >= 0.3 is 12.1 Å². The highest BCUT2D eigenvalue weighted by atomic mass is 19.4. The third-order valence-electron chi connectivity index (χ3n) is 4.70. The van der Waals surface area contributed by atoms with Crippen LogP contribution in [0.25, 0.3) is 5.57 Å². The SMILES string of the molecule is CC(C)NC(=O)C1=CN(C(=O)c2ccc(F)c(F)c2)CC(C)(C)c2nc(C(F)(F)F)oc21. The minimum atomic E-state index is -4.89. The first-order chi connectivity index (χ1) is 14.7. The van der Waals surface area contributed by atoms with Crippen LogP contribution in [0.3, 0.4) is 0 Å². The predicted molar refractivity (Wildman–Crippen MR) is 103 cm³/mol. The van der Waals surface area contributed by atoms with E-state index in [4.69, 9.17) is 4.42 Å². The average Bonchev–Trinajstić information content (AvgIpc) is 3.08. The lowest BCUT2D eigenvalue weighted by Gasteiger charge is -2.28. The molecule has 1 aliphatic rings. The molecule has 0 fully saturated rings. The molecule has 0 saturated carbocycles. The molecule has 2 heterocycles. The first-order valence-corrected chi connectivity index (χ1v) is 9.58. The van der Waals surface area contributed by atoms with Crippen molar-refractivity contribution in [3.05, 3.63) is 58.9 Å². The van der Waals surface area contributed by atoms with Crippen LogP contribution >= 0.6 is 0 Å². The lowest BCUT2D eigenvalue weighted by Crippen LogP contribution is -2.37. The number of aromatic nitrogens is 1. The molecule has 0 bridgehead atoms. The molecule has 0 aliphatic carbocycles. The van der Waals surface area contributed by atoms with Gasteiger partial charge in [0.15, 0.2) is 17.4 Å². The molecule has 0 radical (unpaired) electrons. The molecular weight excluding hydrogens is 437 g/mol. The molecule has 11 heteroatoms. The number of oxazole rings is 1. The van der Waals surface area contributed by atoms with E-state index in [0.717, 1.165) is 23.2 Å². The number of hydrogen-bond donors (Lipinski definition) is 1. The number of hydrogen-bond acceptors (Lipinski definition) is 4. The lowest BCUT2D eigenvalue weighted by atomic mass is 9.87. The number of nitrogens with zero attached hydrogens (tertiary/aromatic N) is 2. The minimum absolute atomic E-state index is 0.157. The number of halogens is 5. The molecule has 32 heavy (non-hydrogen) atoms. The summed E-state index contributed by atoms with van der Waals surface area (Å²) < 4.78 is 71.7. The molecule has 3 rings (SSSR count). The Bertz CT molecular complexity index is 1100. The van der Waals surface area contributed by atoms with Gasteiger partial charge in [-0.3, -0.25) is 9.59 Å². The van der Waals surface area contributed by atoms with Gasteiger partial charge in [0.1, 0.15) is 5.57 Å². The number of benzene rings is 1. The summed E-state index contributed by atoms with van der Waals surface area (Å²) in [6.45, 7) is 6.13. The highest BCUT2D eigenvalue weighted by Crippen LogP contribution is 2.39. The van der Waals surface area contributed by atoms with Gasteiger partial charge in [-0.25, -0.2) is 13.8 Å². The van der Waals surface area contributed by atoms with Crippen molar-refractivity contribution in [2.45, 2.75) is 45.3 Å². The summed E-state index contributed by atoms with van der Waals surface area (Å²) in [6.07, 6.45) is -3.84. The van der Waals surface area contributed by atoms with Crippen molar-refractivity contribution in [1.82, 2.24) is 15.2 Å². The zero-order valence-electron chi connectivity index (χ0n) is 17.6. The summed E-state index contributed by atoms with van der Waals surface area (Å²) in [5.41, 5.74) is -1.90. The van der Waals surface area contributed by atoms with Crippen LogP contribution in [-0.4, -0.2) is 34.3 Å². The second kappa shape index (κ2) is 8.03. The summed E-state index contributed by atoms with van der Waals surface area (Å²) in [5, 5.41) is 2.55. The minimum Gasteiger partial charge on any atom is -0.432 e. The standard InChI is InChI=1S/C21H20F5N3O3/c1-10(2)27-17(30)12-8-29(18(31)11-5-6-13(22)14(23)7-11)9-20(3,4)16-15(12)32-19(28-16)21(24,25)26/h5-8,10H,9H2,1-4H3,(H,27,30). The molecule has 1 aliphatic heterocycles. The molecule has 6 nitrogen and oxygen atoms in total. The van der Waals surface area contributed by atoms with Crippen molar-refractivity contribution in [2.75, 3.05) is 6.54 Å². The van der Waals surface area contributed by atoms with Crippen molar-refractivity contribution in [3.8, 4) is 0 Å². The van der Waals surface area contributed by atoms with Crippen LogP contribution in [0.5, 0.6) is 0 Å². The Labute approximate surface area is 180 Å². The fraction of sp³-hybridized carbons (Fsp3) is 0.381. The van der Waals surface area contributed by atoms with Gasteiger partial charge in [0, 0.05) is 29.8 Å². The number of rotatable bonds is 3. The fourth-order valence-corrected chi connectivity index (χ4v) is 3.27. The molecule has 0 atom stereocenters.